The number of nitrogens with zero attached hydrogens (tertiary/aromatic N) is 1. The molecule has 4 heteroatoms. The maximum absolute atomic E-state index is 13.0. The lowest BCUT2D eigenvalue weighted by Crippen LogP contribution is -2.37. The summed E-state index contributed by atoms with van der Waals surface area (Å²) >= 11 is 5.93. The predicted molar refractivity (Wildman–Crippen MR) is 93.7 cm³/mol. The third kappa shape index (κ3) is 2.70. The van der Waals surface area contributed by atoms with E-state index < -0.39 is 0 Å². The number of hydrogen-bond acceptors (Lipinski definition) is 2. The van der Waals surface area contributed by atoms with E-state index in [-0.39, 0.29) is 11.9 Å². The lowest BCUT2D eigenvalue weighted by atomic mass is 9.93. The molecule has 0 saturated carbocycles. The second kappa shape index (κ2) is 6.25. The van der Waals surface area contributed by atoms with Gasteiger partial charge in [0.05, 0.1) is 7.11 Å². The first kappa shape index (κ1) is 15.9. The number of amides is 1. The molecule has 0 aliphatic carbocycles. The molecule has 3 rings (SSSR count). The summed E-state index contributed by atoms with van der Waals surface area (Å²) in [5.74, 6) is 1.16. The van der Waals surface area contributed by atoms with Gasteiger partial charge in [0.15, 0.2) is 0 Å². The van der Waals surface area contributed by atoms with Crippen molar-refractivity contribution < 1.29 is 9.53 Å². The summed E-state index contributed by atoms with van der Waals surface area (Å²) in [7, 11) is 1.66. The summed E-state index contributed by atoms with van der Waals surface area (Å²) in [6.07, 6.45) is 0.978. The van der Waals surface area contributed by atoms with Gasteiger partial charge in [-0.3, -0.25) is 4.79 Å². The van der Waals surface area contributed by atoms with Gasteiger partial charge in [-0.05, 0) is 61.4 Å². The standard InChI is InChI=1S/C19H20ClNO2/c1-4-16-12(2)21(18-10-9-15(23-3)11-17(16)18)19(22)13-5-7-14(20)8-6-13/h5-12,16H,4H2,1-3H3. The summed E-state index contributed by atoms with van der Waals surface area (Å²) in [5, 5.41) is 0.632. The van der Waals surface area contributed by atoms with Crippen molar-refractivity contribution in [1.82, 2.24) is 0 Å². The van der Waals surface area contributed by atoms with Gasteiger partial charge in [0.25, 0.3) is 5.91 Å². The molecule has 23 heavy (non-hydrogen) atoms. The molecule has 1 aliphatic rings. The Morgan fingerprint density at radius 3 is 2.52 bits per heavy atom. The van der Waals surface area contributed by atoms with Crippen LogP contribution in [0.4, 0.5) is 5.69 Å². The number of ether oxygens (including phenoxy) is 1. The molecule has 0 aromatic heterocycles. The molecule has 1 amide bonds. The van der Waals surface area contributed by atoms with Crippen LogP contribution in [0.2, 0.25) is 5.02 Å². The van der Waals surface area contributed by atoms with Gasteiger partial charge in [-0.2, -0.15) is 0 Å². The number of benzene rings is 2. The molecule has 0 fully saturated rings. The van der Waals surface area contributed by atoms with E-state index in [1.54, 1.807) is 31.4 Å². The minimum Gasteiger partial charge on any atom is -0.497 e. The number of carbonyl (C=O) groups is 1. The monoisotopic (exact) mass is 329 g/mol. The average Bonchev–Trinajstić information content (AvgIpc) is 2.85. The lowest BCUT2D eigenvalue weighted by Gasteiger charge is -2.25. The predicted octanol–water partition coefficient (Wildman–Crippen LogP) is 4.89. The highest BCUT2D eigenvalue weighted by Gasteiger charge is 2.38. The minimum absolute atomic E-state index is 0.0107. The fourth-order valence-electron chi connectivity index (χ4n) is 3.42. The number of halogens is 1. The molecule has 2 aromatic rings. The molecule has 0 spiro atoms. The zero-order valence-electron chi connectivity index (χ0n) is 13.5. The van der Waals surface area contributed by atoms with Crippen molar-refractivity contribution in [3.63, 3.8) is 0 Å². The molecule has 2 unspecified atom stereocenters. The first-order chi connectivity index (χ1) is 11.1. The highest BCUT2D eigenvalue weighted by Crippen LogP contribution is 2.44. The molecule has 3 nitrogen and oxygen atoms in total. The fourth-order valence-corrected chi connectivity index (χ4v) is 3.55. The van der Waals surface area contributed by atoms with E-state index in [1.807, 2.05) is 17.0 Å². The topological polar surface area (TPSA) is 29.5 Å². The van der Waals surface area contributed by atoms with Gasteiger partial charge >= 0.3 is 0 Å². The van der Waals surface area contributed by atoms with Gasteiger partial charge in [0.1, 0.15) is 5.75 Å². The van der Waals surface area contributed by atoms with Crippen molar-refractivity contribution >= 4 is 23.2 Å². The van der Waals surface area contributed by atoms with Crippen LogP contribution in [0.5, 0.6) is 5.75 Å². The van der Waals surface area contributed by atoms with Crippen molar-refractivity contribution in [2.45, 2.75) is 32.2 Å². The molecule has 0 saturated heterocycles. The first-order valence-electron chi connectivity index (χ1n) is 7.84. The Morgan fingerprint density at radius 1 is 1.22 bits per heavy atom. The van der Waals surface area contributed by atoms with E-state index in [0.29, 0.717) is 16.5 Å². The van der Waals surface area contributed by atoms with Crippen LogP contribution < -0.4 is 9.64 Å². The van der Waals surface area contributed by atoms with E-state index in [0.717, 1.165) is 17.9 Å². The number of carbonyl (C=O) groups excluding carboxylic acids is 1. The van der Waals surface area contributed by atoms with E-state index in [4.69, 9.17) is 16.3 Å². The Kier molecular flexibility index (Phi) is 4.31. The third-order valence-electron chi connectivity index (χ3n) is 4.63. The van der Waals surface area contributed by atoms with Crippen molar-refractivity contribution in [1.29, 1.82) is 0 Å². The molecule has 1 heterocycles. The smallest absolute Gasteiger partial charge is 0.258 e. The maximum atomic E-state index is 13.0. The van der Waals surface area contributed by atoms with E-state index in [9.17, 15) is 4.79 Å². The second-order valence-electron chi connectivity index (χ2n) is 5.86. The van der Waals surface area contributed by atoms with Crippen LogP contribution in [-0.4, -0.2) is 19.1 Å². The zero-order chi connectivity index (χ0) is 16.6. The normalized spacial score (nSPS) is 19.6. The van der Waals surface area contributed by atoms with Gasteiger partial charge in [0.2, 0.25) is 0 Å². The zero-order valence-corrected chi connectivity index (χ0v) is 14.3. The van der Waals surface area contributed by atoms with Gasteiger partial charge < -0.3 is 9.64 Å². The number of fused-ring (bicyclic) bond motifs is 1. The number of methoxy groups -OCH3 is 1. The van der Waals surface area contributed by atoms with Crippen LogP contribution in [0.1, 0.15) is 42.1 Å². The summed E-state index contributed by atoms with van der Waals surface area (Å²) in [5.41, 5.74) is 2.81. The van der Waals surface area contributed by atoms with E-state index in [2.05, 4.69) is 19.9 Å². The van der Waals surface area contributed by atoms with Gasteiger partial charge in [-0.15, -0.1) is 0 Å². The Bertz CT molecular complexity index is 727. The molecule has 2 aromatic carbocycles. The minimum atomic E-state index is 0.0107. The summed E-state index contributed by atoms with van der Waals surface area (Å²) in [4.78, 5) is 14.9. The van der Waals surface area contributed by atoms with Crippen molar-refractivity contribution in [2.75, 3.05) is 12.0 Å². The van der Waals surface area contributed by atoms with Crippen LogP contribution in [0.25, 0.3) is 0 Å². The van der Waals surface area contributed by atoms with Crippen LogP contribution in [0, 0.1) is 0 Å². The fraction of sp³-hybridized carbons (Fsp3) is 0.316. The number of rotatable bonds is 3. The quantitative estimate of drug-likeness (QED) is 0.802. The van der Waals surface area contributed by atoms with Crippen molar-refractivity contribution in [2.24, 2.45) is 0 Å². The van der Waals surface area contributed by atoms with Gasteiger partial charge in [0, 0.05) is 28.2 Å². The van der Waals surface area contributed by atoms with Crippen LogP contribution in [0.3, 0.4) is 0 Å². The Morgan fingerprint density at radius 2 is 1.91 bits per heavy atom. The van der Waals surface area contributed by atoms with Crippen LogP contribution >= 0.6 is 11.6 Å². The molecular formula is C19H20ClNO2. The average molecular weight is 330 g/mol. The van der Waals surface area contributed by atoms with E-state index >= 15 is 0 Å². The van der Waals surface area contributed by atoms with Crippen molar-refractivity contribution in [3.8, 4) is 5.75 Å². The summed E-state index contributed by atoms with van der Waals surface area (Å²) in [6, 6.07) is 13.1. The van der Waals surface area contributed by atoms with Crippen molar-refractivity contribution in [3.05, 3.63) is 58.6 Å². The largest absolute Gasteiger partial charge is 0.497 e. The molecule has 2 atom stereocenters. The Hall–Kier alpha value is -2.00. The molecule has 0 N–H and O–H groups in total. The summed E-state index contributed by atoms with van der Waals surface area (Å²) in [6.45, 7) is 4.26. The molecule has 1 aliphatic heterocycles. The molecule has 0 bridgehead atoms. The van der Waals surface area contributed by atoms with E-state index in [1.165, 1.54) is 5.56 Å². The highest BCUT2D eigenvalue weighted by atomic mass is 35.5. The number of anilines is 1. The number of hydrogen-bond donors (Lipinski definition) is 0. The highest BCUT2D eigenvalue weighted by molar-refractivity contribution is 6.30. The molecule has 0 radical (unpaired) electrons. The molecular weight excluding hydrogens is 310 g/mol. The first-order valence-corrected chi connectivity index (χ1v) is 8.21. The third-order valence-corrected chi connectivity index (χ3v) is 4.89. The van der Waals surface area contributed by atoms with Gasteiger partial charge in [-0.25, -0.2) is 0 Å². The Balaban J connectivity index is 2.03. The van der Waals surface area contributed by atoms with Crippen LogP contribution in [0.15, 0.2) is 42.5 Å². The van der Waals surface area contributed by atoms with Crippen LogP contribution in [-0.2, 0) is 0 Å². The second-order valence-corrected chi connectivity index (χ2v) is 6.30. The SMILES string of the molecule is CCC1c2cc(OC)ccc2N(C(=O)c2ccc(Cl)cc2)C1C. The Labute approximate surface area is 141 Å². The summed E-state index contributed by atoms with van der Waals surface area (Å²) < 4.78 is 5.34. The van der Waals surface area contributed by atoms with Gasteiger partial charge in [-0.1, -0.05) is 18.5 Å². The molecule has 120 valence electrons. The maximum Gasteiger partial charge on any atom is 0.258 e. The lowest BCUT2D eigenvalue weighted by molar-refractivity contribution is 0.0979.